The molecule has 0 fully saturated rings. The summed E-state index contributed by atoms with van der Waals surface area (Å²) in [5.74, 6) is -0.296. The van der Waals surface area contributed by atoms with Gasteiger partial charge < -0.3 is 5.32 Å². The summed E-state index contributed by atoms with van der Waals surface area (Å²) >= 11 is 0. The Kier molecular flexibility index (Phi) is 5.98. The summed E-state index contributed by atoms with van der Waals surface area (Å²) in [6.07, 6.45) is 0. The standard InChI is InChI=1S/C21H24N4O2/c1-3-25(4-2)18(15-10-6-5-7-11-15)14-22-21(27)19-16-12-8-9-13-17(16)20(26)24-23-19/h5-13,18H,3-4,14H2,1-2H3,(H,22,27)(H,24,26)/t18-/m1/s1. The first-order valence-corrected chi connectivity index (χ1v) is 9.20. The number of nitrogens with zero attached hydrogens (tertiary/aromatic N) is 2. The fourth-order valence-electron chi connectivity index (χ4n) is 3.36. The van der Waals surface area contributed by atoms with Crippen molar-refractivity contribution in [3.63, 3.8) is 0 Å². The molecular weight excluding hydrogens is 340 g/mol. The van der Waals surface area contributed by atoms with E-state index in [9.17, 15) is 9.59 Å². The molecule has 6 nitrogen and oxygen atoms in total. The van der Waals surface area contributed by atoms with Gasteiger partial charge in [-0.15, -0.1) is 0 Å². The van der Waals surface area contributed by atoms with Crippen molar-refractivity contribution < 1.29 is 4.79 Å². The largest absolute Gasteiger partial charge is 0.349 e. The van der Waals surface area contributed by atoms with E-state index in [0.717, 1.165) is 18.7 Å². The number of carbonyl (C=O) groups is 1. The molecule has 1 heterocycles. The maximum Gasteiger partial charge on any atom is 0.272 e. The minimum atomic E-state index is -0.299. The fourth-order valence-corrected chi connectivity index (χ4v) is 3.36. The van der Waals surface area contributed by atoms with Crippen molar-refractivity contribution in [2.45, 2.75) is 19.9 Å². The number of carbonyl (C=O) groups excluding carboxylic acids is 1. The average Bonchev–Trinajstić information content (AvgIpc) is 2.72. The monoisotopic (exact) mass is 364 g/mol. The number of amides is 1. The van der Waals surface area contributed by atoms with Gasteiger partial charge in [0.05, 0.1) is 11.4 Å². The second kappa shape index (κ2) is 8.60. The Labute approximate surface area is 158 Å². The van der Waals surface area contributed by atoms with Gasteiger partial charge in [0.15, 0.2) is 5.69 Å². The van der Waals surface area contributed by atoms with Crippen LogP contribution in [-0.2, 0) is 0 Å². The Hall–Kier alpha value is -2.99. The number of rotatable bonds is 7. The molecule has 0 bridgehead atoms. The van der Waals surface area contributed by atoms with Gasteiger partial charge in [-0.05, 0) is 24.7 Å². The third-order valence-electron chi connectivity index (χ3n) is 4.80. The van der Waals surface area contributed by atoms with Crippen molar-refractivity contribution in [2.24, 2.45) is 0 Å². The minimum absolute atomic E-state index is 0.0687. The minimum Gasteiger partial charge on any atom is -0.349 e. The van der Waals surface area contributed by atoms with Gasteiger partial charge >= 0.3 is 0 Å². The summed E-state index contributed by atoms with van der Waals surface area (Å²) in [6.45, 7) is 6.44. The average molecular weight is 364 g/mol. The highest BCUT2D eigenvalue weighted by atomic mass is 16.2. The van der Waals surface area contributed by atoms with E-state index in [1.165, 1.54) is 0 Å². The van der Waals surface area contributed by atoms with Crippen LogP contribution in [0.5, 0.6) is 0 Å². The highest BCUT2D eigenvalue weighted by Gasteiger charge is 2.20. The molecule has 3 aromatic rings. The third-order valence-corrected chi connectivity index (χ3v) is 4.80. The van der Waals surface area contributed by atoms with Crippen molar-refractivity contribution in [3.05, 3.63) is 76.2 Å². The molecule has 0 saturated heterocycles. The van der Waals surface area contributed by atoms with Crippen LogP contribution < -0.4 is 10.9 Å². The van der Waals surface area contributed by atoms with Crippen molar-refractivity contribution in [1.29, 1.82) is 0 Å². The quantitative estimate of drug-likeness (QED) is 0.676. The molecule has 2 aromatic carbocycles. The molecule has 0 saturated carbocycles. The first-order valence-electron chi connectivity index (χ1n) is 9.20. The third kappa shape index (κ3) is 4.06. The zero-order valence-corrected chi connectivity index (χ0v) is 15.6. The summed E-state index contributed by atoms with van der Waals surface area (Å²) < 4.78 is 0. The number of aromatic amines is 1. The summed E-state index contributed by atoms with van der Waals surface area (Å²) in [5.41, 5.74) is 1.09. The predicted octanol–water partition coefficient (Wildman–Crippen LogP) is 2.74. The predicted molar refractivity (Wildman–Crippen MR) is 107 cm³/mol. The fraction of sp³-hybridized carbons (Fsp3) is 0.286. The normalized spacial score (nSPS) is 12.3. The molecule has 0 spiro atoms. The summed E-state index contributed by atoms with van der Waals surface area (Å²) in [5, 5.41) is 10.4. The van der Waals surface area contributed by atoms with Gasteiger partial charge in [0.2, 0.25) is 0 Å². The first kappa shape index (κ1) is 18.8. The lowest BCUT2D eigenvalue weighted by molar-refractivity contribution is 0.0930. The van der Waals surface area contributed by atoms with Gasteiger partial charge in [0.1, 0.15) is 0 Å². The lowest BCUT2D eigenvalue weighted by Crippen LogP contribution is -2.38. The number of likely N-dealkylation sites (N-methyl/N-ethyl adjacent to an activating group) is 1. The Morgan fingerprint density at radius 1 is 1.04 bits per heavy atom. The number of nitrogens with one attached hydrogen (secondary N) is 2. The molecule has 3 rings (SSSR count). The van der Waals surface area contributed by atoms with Crippen LogP contribution in [0.2, 0.25) is 0 Å². The molecule has 0 unspecified atom stereocenters. The van der Waals surface area contributed by atoms with Crippen LogP contribution in [-0.4, -0.2) is 40.6 Å². The van der Waals surface area contributed by atoms with Crippen LogP contribution in [0.1, 0.15) is 35.9 Å². The maximum atomic E-state index is 12.8. The van der Waals surface area contributed by atoms with E-state index in [-0.39, 0.29) is 23.2 Å². The Morgan fingerprint density at radius 2 is 1.67 bits per heavy atom. The van der Waals surface area contributed by atoms with Crippen LogP contribution >= 0.6 is 0 Å². The molecule has 1 amide bonds. The zero-order chi connectivity index (χ0) is 19.2. The van der Waals surface area contributed by atoms with Crippen molar-refractivity contribution in [2.75, 3.05) is 19.6 Å². The number of hydrogen-bond acceptors (Lipinski definition) is 4. The molecule has 0 radical (unpaired) electrons. The second-order valence-corrected chi connectivity index (χ2v) is 6.30. The lowest BCUT2D eigenvalue weighted by atomic mass is 10.0. The smallest absolute Gasteiger partial charge is 0.272 e. The maximum absolute atomic E-state index is 12.8. The van der Waals surface area contributed by atoms with Crippen LogP contribution in [0.3, 0.4) is 0 Å². The van der Waals surface area contributed by atoms with Gasteiger partial charge in [0.25, 0.3) is 11.5 Å². The van der Waals surface area contributed by atoms with E-state index in [0.29, 0.717) is 17.3 Å². The molecule has 0 aliphatic rings. The lowest BCUT2D eigenvalue weighted by Gasteiger charge is -2.30. The van der Waals surface area contributed by atoms with Gasteiger partial charge in [-0.3, -0.25) is 14.5 Å². The Morgan fingerprint density at radius 3 is 2.33 bits per heavy atom. The molecule has 27 heavy (non-hydrogen) atoms. The van der Waals surface area contributed by atoms with Gasteiger partial charge in [-0.1, -0.05) is 62.4 Å². The van der Waals surface area contributed by atoms with Crippen LogP contribution in [0.25, 0.3) is 10.8 Å². The molecule has 1 atom stereocenters. The van der Waals surface area contributed by atoms with E-state index < -0.39 is 0 Å². The SMILES string of the molecule is CCN(CC)[C@H](CNC(=O)c1n[nH]c(=O)c2ccccc12)c1ccccc1. The number of aromatic nitrogens is 2. The number of fused-ring (bicyclic) bond motifs is 1. The Bertz CT molecular complexity index is 965. The van der Waals surface area contributed by atoms with Gasteiger partial charge in [-0.2, -0.15) is 5.10 Å². The van der Waals surface area contributed by atoms with E-state index in [1.54, 1.807) is 24.3 Å². The van der Waals surface area contributed by atoms with Gasteiger partial charge in [0, 0.05) is 11.9 Å². The summed E-state index contributed by atoms with van der Waals surface area (Å²) in [6, 6.07) is 17.2. The molecule has 0 aliphatic carbocycles. The number of hydrogen-bond donors (Lipinski definition) is 2. The van der Waals surface area contributed by atoms with Crippen molar-refractivity contribution in [1.82, 2.24) is 20.4 Å². The van der Waals surface area contributed by atoms with Crippen LogP contribution in [0.4, 0.5) is 0 Å². The van der Waals surface area contributed by atoms with Crippen LogP contribution in [0, 0.1) is 0 Å². The van der Waals surface area contributed by atoms with Crippen LogP contribution in [0.15, 0.2) is 59.4 Å². The highest BCUT2D eigenvalue weighted by Crippen LogP contribution is 2.20. The molecular formula is C21H24N4O2. The van der Waals surface area contributed by atoms with E-state index in [1.807, 2.05) is 18.2 Å². The highest BCUT2D eigenvalue weighted by molar-refractivity contribution is 6.04. The zero-order valence-electron chi connectivity index (χ0n) is 15.6. The molecule has 140 valence electrons. The number of H-pyrrole nitrogens is 1. The molecule has 2 N–H and O–H groups in total. The second-order valence-electron chi connectivity index (χ2n) is 6.30. The van der Waals surface area contributed by atoms with Crippen molar-refractivity contribution in [3.8, 4) is 0 Å². The van der Waals surface area contributed by atoms with Crippen molar-refractivity contribution >= 4 is 16.7 Å². The topological polar surface area (TPSA) is 78.1 Å². The van der Waals surface area contributed by atoms with E-state index in [2.05, 4.69) is 46.4 Å². The first-order chi connectivity index (χ1) is 13.2. The van der Waals surface area contributed by atoms with Gasteiger partial charge in [-0.25, -0.2) is 5.10 Å². The summed E-state index contributed by atoms with van der Waals surface area (Å²) in [7, 11) is 0. The molecule has 0 aliphatic heterocycles. The van der Waals surface area contributed by atoms with E-state index >= 15 is 0 Å². The Balaban J connectivity index is 1.85. The number of benzene rings is 2. The molecule has 1 aromatic heterocycles. The molecule has 6 heteroatoms. The summed E-state index contributed by atoms with van der Waals surface area (Å²) in [4.78, 5) is 27.0. The van der Waals surface area contributed by atoms with E-state index in [4.69, 9.17) is 0 Å².